The molecule has 0 aliphatic heterocycles. The molecule has 0 aliphatic rings. The summed E-state index contributed by atoms with van der Waals surface area (Å²) in [6, 6.07) is 42.8. The fourth-order valence-corrected chi connectivity index (χ4v) is 4.14. The molecule has 2 heterocycles. The summed E-state index contributed by atoms with van der Waals surface area (Å²) in [4.78, 5) is 18.9. The zero-order chi connectivity index (χ0) is 24.2. The predicted octanol–water partition coefficient (Wildman–Crippen LogP) is 7.60. The number of benzene rings is 4. The lowest BCUT2D eigenvalue weighted by Gasteiger charge is -2.09. The number of rotatable bonds is 5. The van der Waals surface area contributed by atoms with Gasteiger partial charge in [0.25, 0.3) is 0 Å². The Morgan fingerprint density at radius 1 is 0.333 bits per heavy atom. The lowest BCUT2D eigenvalue weighted by atomic mass is 10.0. The van der Waals surface area contributed by atoms with Gasteiger partial charge in [0, 0.05) is 28.5 Å². The molecule has 0 saturated heterocycles. The first-order valence-electron chi connectivity index (χ1n) is 11.8. The summed E-state index contributed by atoms with van der Waals surface area (Å²) in [5.74, 6) is 1.97. The van der Waals surface area contributed by atoms with Crippen LogP contribution in [0.2, 0.25) is 0 Å². The van der Waals surface area contributed by atoms with Crippen molar-refractivity contribution in [3.05, 3.63) is 134 Å². The maximum absolute atomic E-state index is 4.83. The van der Waals surface area contributed by atoms with E-state index in [2.05, 4.69) is 53.5 Å². The standard InChI is InChI=1S/C32H22N4/c1-3-10-24(11-4-1)30-34-31(25-12-5-2-6-13-25)36-32(35-30)26-19-17-23(18-20-26)27-14-9-15-28(22-27)29-16-7-8-21-33-29/h1-22H. The first-order chi connectivity index (χ1) is 17.8. The molecule has 0 atom stereocenters. The Balaban J connectivity index is 1.38. The molecule has 0 bridgehead atoms. The highest BCUT2D eigenvalue weighted by atomic mass is 15.0. The fraction of sp³-hybridized carbons (Fsp3) is 0. The molecule has 0 N–H and O–H groups in total. The van der Waals surface area contributed by atoms with Gasteiger partial charge in [0.05, 0.1) is 5.69 Å². The van der Waals surface area contributed by atoms with Crippen LogP contribution >= 0.6 is 0 Å². The highest BCUT2D eigenvalue weighted by Gasteiger charge is 2.12. The van der Waals surface area contributed by atoms with Crippen LogP contribution in [0.25, 0.3) is 56.5 Å². The molecule has 170 valence electrons. The van der Waals surface area contributed by atoms with Gasteiger partial charge in [-0.2, -0.15) is 0 Å². The van der Waals surface area contributed by atoms with Crippen LogP contribution in [0.5, 0.6) is 0 Å². The van der Waals surface area contributed by atoms with Crippen LogP contribution in [0.15, 0.2) is 134 Å². The van der Waals surface area contributed by atoms with Gasteiger partial charge in [-0.05, 0) is 29.3 Å². The second kappa shape index (κ2) is 9.72. The monoisotopic (exact) mass is 462 g/mol. The largest absolute Gasteiger partial charge is 0.256 e. The molecule has 4 aromatic carbocycles. The smallest absolute Gasteiger partial charge is 0.164 e. The SMILES string of the molecule is c1ccc(-c2nc(-c3ccccc3)nc(-c3ccc(-c4cccc(-c5ccccn5)c4)cc3)n2)cc1. The molecule has 4 heteroatoms. The second-order valence-corrected chi connectivity index (χ2v) is 8.41. The Bertz CT molecular complexity index is 1540. The van der Waals surface area contributed by atoms with Crippen molar-refractivity contribution in [2.45, 2.75) is 0 Å². The Labute approximate surface area is 210 Å². The third-order valence-electron chi connectivity index (χ3n) is 6.00. The Morgan fingerprint density at radius 3 is 1.36 bits per heavy atom. The molecular formula is C32H22N4. The van der Waals surface area contributed by atoms with Crippen molar-refractivity contribution in [2.24, 2.45) is 0 Å². The van der Waals surface area contributed by atoms with Crippen molar-refractivity contribution in [3.8, 4) is 56.5 Å². The molecule has 0 fully saturated rings. The van der Waals surface area contributed by atoms with Crippen LogP contribution in [0.1, 0.15) is 0 Å². The minimum atomic E-state index is 0.650. The van der Waals surface area contributed by atoms with E-state index in [1.807, 2.05) is 85.1 Å². The minimum absolute atomic E-state index is 0.650. The molecule has 4 nitrogen and oxygen atoms in total. The quantitative estimate of drug-likeness (QED) is 0.265. The molecule has 0 aliphatic carbocycles. The molecule has 36 heavy (non-hydrogen) atoms. The molecule has 0 amide bonds. The van der Waals surface area contributed by atoms with Crippen LogP contribution in [0.3, 0.4) is 0 Å². The van der Waals surface area contributed by atoms with Crippen LogP contribution in [0.4, 0.5) is 0 Å². The topological polar surface area (TPSA) is 51.6 Å². The van der Waals surface area contributed by atoms with Crippen LogP contribution in [-0.2, 0) is 0 Å². The number of nitrogens with zero attached hydrogens (tertiary/aromatic N) is 4. The molecule has 6 rings (SSSR count). The average molecular weight is 463 g/mol. The summed E-state index contributed by atoms with van der Waals surface area (Å²) in [6.45, 7) is 0. The van der Waals surface area contributed by atoms with Crippen molar-refractivity contribution < 1.29 is 0 Å². The van der Waals surface area contributed by atoms with E-state index < -0.39 is 0 Å². The van der Waals surface area contributed by atoms with Gasteiger partial charge in [-0.25, -0.2) is 15.0 Å². The highest BCUT2D eigenvalue weighted by molar-refractivity contribution is 5.74. The summed E-state index contributed by atoms with van der Waals surface area (Å²) in [5, 5.41) is 0. The van der Waals surface area contributed by atoms with E-state index in [9.17, 15) is 0 Å². The summed E-state index contributed by atoms with van der Waals surface area (Å²) >= 11 is 0. The van der Waals surface area contributed by atoms with E-state index in [1.54, 1.807) is 0 Å². The minimum Gasteiger partial charge on any atom is -0.256 e. The number of hydrogen-bond donors (Lipinski definition) is 0. The molecule has 0 radical (unpaired) electrons. The normalized spacial score (nSPS) is 10.8. The second-order valence-electron chi connectivity index (χ2n) is 8.41. The zero-order valence-electron chi connectivity index (χ0n) is 19.5. The summed E-state index contributed by atoms with van der Waals surface area (Å²) in [7, 11) is 0. The van der Waals surface area contributed by atoms with Crippen molar-refractivity contribution in [2.75, 3.05) is 0 Å². The molecule has 2 aromatic heterocycles. The van der Waals surface area contributed by atoms with Gasteiger partial charge >= 0.3 is 0 Å². The maximum Gasteiger partial charge on any atom is 0.164 e. The van der Waals surface area contributed by atoms with Gasteiger partial charge in [-0.1, -0.05) is 109 Å². The Hall–Kier alpha value is -4.96. The molecule has 0 saturated carbocycles. The number of pyridine rings is 1. The third kappa shape index (κ3) is 4.52. The lowest BCUT2D eigenvalue weighted by molar-refractivity contribution is 1.07. The first-order valence-corrected chi connectivity index (χ1v) is 11.8. The molecular weight excluding hydrogens is 440 g/mol. The van der Waals surface area contributed by atoms with Crippen molar-refractivity contribution in [1.82, 2.24) is 19.9 Å². The lowest BCUT2D eigenvalue weighted by Crippen LogP contribution is -2.00. The average Bonchev–Trinajstić information content (AvgIpc) is 2.98. The van der Waals surface area contributed by atoms with E-state index in [1.165, 1.54) is 0 Å². The fourth-order valence-electron chi connectivity index (χ4n) is 4.14. The van der Waals surface area contributed by atoms with Gasteiger partial charge < -0.3 is 0 Å². The predicted molar refractivity (Wildman–Crippen MR) is 145 cm³/mol. The van der Waals surface area contributed by atoms with Gasteiger partial charge in [0.2, 0.25) is 0 Å². The summed E-state index contributed by atoms with van der Waals surface area (Å²) in [6.07, 6.45) is 1.82. The van der Waals surface area contributed by atoms with E-state index in [4.69, 9.17) is 15.0 Å². The molecule has 0 unspecified atom stereocenters. The van der Waals surface area contributed by atoms with Gasteiger partial charge in [0.15, 0.2) is 17.5 Å². The van der Waals surface area contributed by atoms with Crippen molar-refractivity contribution >= 4 is 0 Å². The van der Waals surface area contributed by atoms with Crippen molar-refractivity contribution in [3.63, 3.8) is 0 Å². The van der Waals surface area contributed by atoms with E-state index in [-0.39, 0.29) is 0 Å². The van der Waals surface area contributed by atoms with Gasteiger partial charge in [0.1, 0.15) is 0 Å². The summed E-state index contributed by atoms with van der Waals surface area (Å²) in [5.41, 5.74) is 7.17. The maximum atomic E-state index is 4.83. The third-order valence-corrected chi connectivity index (χ3v) is 6.00. The highest BCUT2D eigenvalue weighted by Crippen LogP contribution is 2.29. The van der Waals surface area contributed by atoms with Gasteiger partial charge in [-0.15, -0.1) is 0 Å². The summed E-state index contributed by atoms with van der Waals surface area (Å²) < 4.78 is 0. The van der Waals surface area contributed by atoms with Gasteiger partial charge in [-0.3, -0.25) is 4.98 Å². The van der Waals surface area contributed by atoms with E-state index >= 15 is 0 Å². The molecule has 6 aromatic rings. The first kappa shape index (κ1) is 21.6. The van der Waals surface area contributed by atoms with Crippen LogP contribution < -0.4 is 0 Å². The van der Waals surface area contributed by atoms with Crippen LogP contribution in [0, 0.1) is 0 Å². The Kier molecular flexibility index (Phi) is 5.83. The van der Waals surface area contributed by atoms with Crippen LogP contribution in [-0.4, -0.2) is 19.9 Å². The Morgan fingerprint density at radius 2 is 0.806 bits per heavy atom. The van der Waals surface area contributed by atoms with E-state index in [0.29, 0.717) is 17.5 Å². The van der Waals surface area contributed by atoms with E-state index in [0.717, 1.165) is 39.1 Å². The number of hydrogen-bond acceptors (Lipinski definition) is 4. The van der Waals surface area contributed by atoms with Crippen molar-refractivity contribution in [1.29, 1.82) is 0 Å². The zero-order valence-corrected chi connectivity index (χ0v) is 19.5. The molecule has 0 spiro atoms. The number of aromatic nitrogens is 4.